The van der Waals surface area contributed by atoms with Gasteiger partial charge in [-0.2, -0.15) is 0 Å². The van der Waals surface area contributed by atoms with Crippen molar-refractivity contribution in [2.75, 3.05) is 13.1 Å². The molecular formula is C21H32N2O2. The van der Waals surface area contributed by atoms with Crippen LogP contribution in [0.5, 0.6) is 0 Å². The van der Waals surface area contributed by atoms with Gasteiger partial charge in [-0.25, -0.2) is 4.79 Å². The molecule has 1 aliphatic heterocycles. The van der Waals surface area contributed by atoms with Crippen LogP contribution in [0.2, 0.25) is 0 Å². The number of carbonyl (C=O) groups excluding carboxylic acids is 1. The third-order valence-corrected chi connectivity index (χ3v) is 5.07. The standard InChI is InChI=1S/C21H32N2O2/c1-21(2,3)25-20(24)22-19-10-9-17-13-16(7-8-18(17)14-19)15-23-11-5-4-6-12-23/h7-8,13,19H,4-6,9-12,14-15H2,1-3H3,(H,22,24). The van der Waals surface area contributed by atoms with Gasteiger partial charge >= 0.3 is 6.09 Å². The van der Waals surface area contributed by atoms with Crippen LogP contribution >= 0.6 is 0 Å². The van der Waals surface area contributed by atoms with Gasteiger partial charge < -0.3 is 10.1 Å². The average molecular weight is 344 g/mol. The third kappa shape index (κ3) is 5.46. The number of carbonyl (C=O) groups is 1. The first-order valence-electron chi connectivity index (χ1n) is 9.71. The topological polar surface area (TPSA) is 41.6 Å². The van der Waals surface area contributed by atoms with Crippen LogP contribution in [0, 0.1) is 0 Å². The van der Waals surface area contributed by atoms with Crippen molar-refractivity contribution < 1.29 is 9.53 Å². The summed E-state index contributed by atoms with van der Waals surface area (Å²) in [6, 6.07) is 7.09. The zero-order valence-corrected chi connectivity index (χ0v) is 15.9. The van der Waals surface area contributed by atoms with E-state index in [1.165, 1.54) is 49.0 Å². The lowest BCUT2D eigenvalue weighted by Crippen LogP contribution is -2.41. The van der Waals surface area contributed by atoms with E-state index in [2.05, 4.69) is 28.4 Å². The molecule has 1 amide bonds. The number of piperidine rings is 1. The second kappa shape index (κ2) is 7.77. The zero-order valence-electron chi connectivity index (χ0n) is 15.9. The molecule has 4 nitrogen and oxygen atoms in total. The van der Waals surface area contributed by atoms with Gasteiger partial charge in [0.25, 0.3) is 0 Å². The van der Waals surface area contributed by atoms with Gasteiger partial charge in [-0.15, -0.1) is 0 Å². The molecule has 1 fully saturated rings. The Balaban J connectivity index is 1.56. The van der Waals surface area contributed by atoms with Gasteiger partial charge in [-0.1, -0.05) is 24.6 Å². The summed E-state index contributed by atoms with van der Waals surface area (Å²) in [4.78, 5) is 14.5. The minimum absolute atomic E-state index is 0.176. The molecule has 1 aliphatic carbocycles. The molecule has 1 heterocycles. The molecule has 1 atom stereocenters. The number of alkyl carbamates (subject to hydrolysis) is 1. The molecule has 0 aromatic heterocycles. The molecule has 1 saturated heterocycles. The molecule has 1 N–H and O–H groups in total. The van der Waals surface area contributed by atoms with Crippen LogP contribution in [0.15, 0.2) is 18.2 Å². The fourth-order valence-electron chi connectivity index (χ4n) is 3.88. The minimum Gasteiger partial charge on any atom is -0.444 e. The van der Waals surface area contributed by atoms with E-state index >= 15 is 0 Å². The highest BCUT2D eigenvalue weighted by Gasteiger charge is 2.23. The molecular weight excluding hydrogens is 312 g/mol. The Bertz CT molecular complexity index is 600. The Hall–Kier alpha value is -1.55. The molecule has 1 unspecified atom stereocenters. The molecule has 3 rings (SSSR count). The minimum atomic E-state index is -0.444. The Labute approximate surface area is 151 Å². The number of aryl methyl sites for hydroxylation is 1. The van der Waals surface area contributed by atoms with Crippen molar-refractivity contribution in [2.45, 2.75) is 77.5 Å². The van der Waals surface area contributed by atoms with E-state index in [-0.39, 0.29) is 12.1 Å². The summed E-state index contributed by atoms with van der Waals surface area (Å²) in [6.07, 6.45) is 6.67. The lowest BCUT2D eigenvalue weighted by atomic mass is 9.87. The van der Waals surface area contributed by atoms with E-state index in [4.69, 9.17) is 4.74 Å². The van der Waals surface area contributed by atoms with Crippen LogP contribution in [-0.4, -0.2) is 35.7 Å². The van der Waals surface area contributed by atoms with E-state index in [0.29, 0.717) is 0 Å². The number of fused-ring (bicyclic) bond motifs is 1. The van der Waals surface area contributed by atoms with Crippen molar-refractivity contribution in [3.63, 3.8) is 0 Å². The Kier molecular flexibility index (Phi) is 5.67. The first-order chi connectivity index (χ1) is 11.9. The quantitative estimate of drug-likeness (QED) is 0.899. The van der Waals surface area contributed by atoms with Crippen LogP contribution in [-0.2, 0) is 24.1 Å². The number of ether oxygens (including phenoxy) is 1. The predicted octanol–water partition coefficient (Wildman–Crippen LogP) is 4.05. The van der Waals surface area contributed by atoms with Crippen molar-refractivity contribution in [3.8, 4) is 0 Å². The number of nitrogens with zero attached hydrogens (tertiary/aromatic N) is 1. The smallest absolute Gasteiger partial charge is 0.407 e. The zero-order chi connectivity index (χ0) is 17.9. The number of amides is 1. The molecule has 138 valence electrons. The molecule has 1 aromatic rings. The van der Waals surface area contributed by atoms with Crippen molar-refractivity contribution in [1.29, 1.82) is 0 Å². The van der Waals surface area contributed by atoms with E-state index in [0.717, 1.165) is 25.8 Å². The molecule has 1 aromatic carbocycles. The van der Waals surface area contributed by atoms with Gasteiger partial charge in [-0.3, -0.25) is 4.90 Å². The molecule has 25 heavy (non-hydrogen) atoms. The molecule has 0 bridgehead atoms. The van der Waals surface area contributed by atoms with Crippen LogP contribution in [0.4, 0.5) is 4.79 Å². The highest BCUT2D eigenvalue weighted by molar-refractivity contribution is 5.68. The number of hydrogen-bond acceptors (Lipinski definition) is 3. The van der Waals surface area contributed by atoms with Gasteiger partial charge in [0.15, 0.2) is 0 Å². The van der Waals surface area contributed by atoms with Gasteiger partial charge in [-0.05, 0) is 82.7 Å². The van der Waals surface area contributed by atoms with E-state index in [1.807, 2.05) is 20.8 Å². The normalized spacial score (nSPS) is 21.5. The fraction of sp³-hybridized carbons (Fsp3) is 0.667. The Morgan fingerprint density at radius 1 is 1.20 bits per heavy atom. The van der Waals surface area contributed by atoms with Crippen LogP contribution in [0.3, 0.4) is 0 Å². The highest BCUT2D eigenvalue weighted by atomic mass is 16.6. The summed E-state index contributed by atoms with van der Waals surface area (Å²) in [5.74, 6) is 0. The second-order valence-corrected chi connectivity index (χ2v) is 8.53. The van der Waals surface area contributed by atoms with Crippen LogP contribution in [0.25, 0.3) is 0 Å². The summed E-state index contributed by atoms with van der Waals surface area (Å²) < 4.78 is 5.38. The Morgan fingerprint density at radius 2 is 1.96 bits per heavy atom. The molecule has 0 saturated carbocycles. The third-order valence-electron chi connectivity index (χ3n) is 5.07. The average Bonchev–Trinajstić information content (AvgIpc) is 2.54. The van der Waals surface area contributed by atoms with E-state index in [1.54, 1.807) is 0 Å². The lowest BCUT2D eigenvalue weighted by Gasteiger charge is -2.29. The molecule has 4 heteroatoms. The number of hydrogen-bond donors (Lipinski definition) is 1. The molecule has 2 aliphatic rings. The number of benzene rings is 1. The monoisotopic (exact) mass is 344 g/mol. The molecule has 0 spiro atoms. The summed E-state index contributed by atoms with van der Waals surface area (Å²) in [7, 11) is 0. The van der Waals surface area contributed by atoms with E-state index in [9.17, 15) is 4.79 Å². The summed E-state index contributed by atoms with van der Waals surface area (Å²) in [5.41, 5.74) is 3.81. The first-order valence-corrected chi connectivity index (χ1v) is 9.71. The maximum Gasteiger partial charge on any atom is 0.407 e. The van der Waals surface area contributed by atoms with Crippen molar-refractivity contribution in [3.05, 3.63) is 34.9 Å². The summed E-state index contributed by atoms with van der Waals surface area (Å²) in [5, 5.41) is 3.03. The maximum absolute atomic E-state index is 12.0. The van der Waals surface area contributed by atoms with Gasteiger partial charge in [0.05, 0.1) is 0 Å². The largest absolute Gasteiger partial charge is 0.444 e. The number of likely N-dealkylation sites (tertiary alicyclic amines) is 1. The first kappa shape index (κ1) is 18.2. The predicted molar refractivity (Wildman–Crippen MR) is 101 cm³/mol. The van der Waals surface area contributed by atoms with Gasteiger partial charge in [0.1, 0.15) is 5.60 Å². The van der Waals surface area contributed by atoms with Gasteiger partial charge in [0.2, 0.25) is 0 Å². The molecule has 0 radical (unpaired) electrons. The van der Waals surface area contributed by atoms with Gasteiger partial charge in [0, 0.05) is 12.6 Å². The fourth-order valence-corrected chi connectivity index (χ4v) is 3.88. The number of rotatable bonds is 3. The van der Waals surface area contributed by atoms with Crippen LogP contribution in [0.1, 0.15) is 63.1 Å². The number of nitrogens with one attached hydrogen (secondary N) is 1. The van der Waals surface area contributed by atoms with Crippen molar-refractivity contribution in [2.24, 2.45) is 0 Å². The van der Waals surface area contributed by atoms with Crippen molar-refractivity contribution >= 4 is 6.09 Å². The highest BCUT2D eigenvalue weighted by Crippen LogP contribution is 2.24. The Morgan fingerprint density at radius 3 is 2.68 bits per heavy atom. The summed E-state index contributed by atoms with van der Waals surface area (Å²) >= 11 is 0. The maximum atomic E-state index is 12.0. The van der Waals surface area contributed by atoms with Crippen LogP contribution < -0.4 is 5.32 Å². The summed E-state index contributed by atoms with van der Waals surface area (Å²) in [6.45, 7) is 9.23. The second-order valence-electron chi connectivity index (χ2n) is 8.53. The van der Waals surface area contributed by atoms with Crippen molar-refractivity contribution in [1.82, 2.24) is 10.2 Å². The SMILES string of the molecule is CC(C)(C)OC(=O)NC1CCc2cc(CN3CCCCC3)ccc2C1. The van der Waals surface area contributed by atoms with E-state index < -0.39 is 5.60 Å². The lowest BCUT2D eigenvalue weighted by molar-refractivity contribution is 0.0500.